The number of thiazole rings is 1. The number of carbonyl (C=O) groups excluding carboxylic acids is 2. The summed E-state index contributed by atoms with van der Waals surface area (Å²) in [5.74, 6) is -1.22. The van der Waals surface area contributed by atoms with Crippen molar-refractivity contribution in [1.82, 2.24) is 4.98 Å². The molecule has 3 rings (SSSR count). The molecule has 0 unspecified atom stereocenters. The van der Waals surface area contributed by atoms with Crippen LogP contribution in [0, 0.1) is 10.1 Å². The molecular formula is C18H13N3O5S. The van der Waals surface area contributed by atoms with Crippen LogP contribution in [0.5, 0.6) is 0 Å². The van der Waals surface area contributed by atoms with E-state index >= 15 is 0 Å². The fourth-order valence-electron chi connectivity index (χ4n) is 2.15. The number of nitrogens with zero attached hydrogens (tertiary/aromatic N) is 2. The van der Waals surface area contributed by atoms with Crippen LogP contribution in [0.15, 0.2) is 54.6 Å². The number of benzene rings is 2. The minimum Gasteiger partial charge on any atom is -0.452 e. The van der Waals surface area contributed by atoms with Crippen LogP contribution in [0.25, 0.3) is 16.3 Å². The van der Waals surface area contributed by atoms with Gasteiger partial charge < -0.3 is 10.1 Å². The Hall–Kier alpha value is -3.59. The first kappa shape index (κ1) is 18.2. The van der Waals surface area contributed by atoms with E-state index in [0.29, 0.717) is 10.7 Å². The maximum Gasteiger partial charge on any atom is 0.331 e. The van der Waals surface area contributed by atoms with Crippen LogP contribution in [0.1, 0.15) is 5.01 Å². The van der Waals surface area contributed by atoms with E-state index in [1.54, 1.807) is 0 Å². The highest BCUT2D eigenvalue weighted by Crippen LogP contribution is 2.22. The second kappa shape index (κ2) is 8.19. The van der Waals surface area contributed by atoms with E-state index in [1.165, 1.54) is 47.8 Å². The Bertz CT molecular complexity index is 994. The van der Waals surface area contributed by atoms with Crippen molar-refractivity contribution < 1.29 is 19.2 Å². The van der Waals surface area contributed by atoms with E-state index in [2.05, 4.69) is 10.3 Å². The second-order valence-corrected chi connectivity index (χ2v) is 6.38. The predicted octanol–water partition coefficient (Wildman–Crippen LogP) is 3.40. The van der Waals surface area contributed by atoms with E-state index in [9.17, 15) is 19.7 Å². The molecule has 2 aromatic carbocycles. The second-order valence-electron chi connectivity index (χ2n) is 5.31. The van der Waals surface area contributed by atoms with Crippen LogP contribution in [0.4, 0.5) is 11.4 Å². The van der Waals surface area contributed by atoms with Gasteiger partial charge in [-0.2, -0.15) is 0 Å². The van der Waals surface area contributed by atoms with Gasteiger partial charge in [-0.05, 0) is 30.3 Å². The number of hydrogen-bond donors (Lipinski definition) is 1. The molecule has 0 spiro atoms. The zero-order valence-corrected chi connectivity index (χ0v) is 14.6. The molecule has 136 valence electrons. The number of fused-ring (bicyclic) bond motifs is 1. The number of nitro groups is 1. The van der Waals surface area contributed by atoms with Crippen LogP contribution in [0.3, 0.4) is 0 Å². The number of amides is 1. The van der Waals surface area contributed by atoms with Gasteiger partial charge in [0.1, 0.15) is 5.01 Å². The van der Waals surface area contributed by atoms with Crippen LogP contribution < -0.4 is 5.32 Å². The first-order valence-electron chi connectivity index (χ1n) is 7.76. The molecule has 0 aliphatic heterocycles. The molecule has 0 atom stereocenters. The van der Waals surface area contributed by atoms with Crippen molar-refractivity contribution in [2.45, 2.75) is 0 Å². The maximum absolute atomic E-state index is 11.8. The molecule has 1 N–H and O–H groups in total. The lowest BCUT2D eigenvalue weighted by Gasteiger charge is -2.05. The summed E-state index contributed by atoms with van der Waals surface area (Å²) in [4.78, 5) is 37.9. The topological polar surface area (TPSA) is 111 Å². The van der Waals surface area contributed by atoms with Gasteiger partial charge in [0.05, 0.1) is 15.1 Å². The van der Waals surface area contributed by atoms with Crippen molar-refractivity contribution in [3.8, 4) is 0 Å². The molecule has 1 amide bonds. The van der Waals surface area contributed by atoms with Gasteiger partial charge in [-0.1, -0.05) is 12.1 Å². The molecule has 0 bridgehead atoms. The third-order valence-electron chi connectivity index (χ3n) is 3.38. The normalized spacial score (nSPS) is 10.8. The van der Waals surface area contributed by atoms with Crippen LogP contribution in [-0.4, -0.2) is 28.4 Å². The molecule has 9 heteroatoms. The van der Waals surface area contributed by atoms with Crippen LogP contribution in [-0.2, 0) is 14.3 Å². The molecule has 3 aromatic rings. The van der Waals surface area contributed by atoms with E-state index in [-0.39, 0.29) is 5.69 Å². The van der Waals surface area contributed by atoms with Gasteiger partial charge in [0.25, 0.3) is 11.6 Å². The zero-order chi connectivity index (χ0) is 19.2. The number of carbonyl (C=O) groups is 2. The first-order chi connectivity index (χ1) is 13.0. The number of non-ortho nitro benzene ring substituents is 1. The molecule has 0 saturated carbocycles. The van der Waals surface area contributed by atoms with Crippen molar-refractivity contribution in [3.05, 3.63) is 69.7 Å². The molecule has 1 aromatic heterocycles. The Kier molecular flexibility index (Phi) is 5.53. The Labute approximate surface area is 157 Å². The maximum atomic E-state index is 11.8. The van der Waals surface area contributed by atoms with E-state index in [4.69, 9.17) is 4.74 Å². The summed E-state index contributed by atoms with van der Waals surface area (Å²) >= 11 is 1.44. The lowest BCUT2D eigenvalue weighted by Crippen LogP contribution is -2.20. The predicted molar refractivity (Wildman–Crippen MR) is 101 cm³/mol. The van der Waals surface area contributed by atoms with Crippen molar-refractivity contribution >= 4 is 50.9 Å². The van der Waals surface area contributed by atoms with Crippen LogP contribution >= 0.6 is 11.3 Å². The van der Waals surface area contributed by atoms with Gasteiger partial charge >= 0.3 is 5.97 Å². The number of nitro benzene ring substituents is 1. The molecule has 0 aliphatic carbocycles. The number of para-hydroxylation sites is 1. The molecule has 1 heterocycles. The fraction of sp³-hybridized carbons (Fsp3) is 0.0556. The number of ether oxygens (including phenoxy) is 1. The Morgan fingerprint density at radius 3 is 2.63 bits per heavy atom. The average Bonchev–Trinajstić information content (AvgIpc) is 3.08. The van der Waals surface area contributed by atoms with Gasteiger partial charge in [-0.25, -0.2) is 9.78 Å². The fourth-order valence-corrected chi connectivity index (χ4v) is 3.02. The van der Waals surface area contributed by atoms with E-state index in [1.807, 2.05) is 24.3 Å². The standard InChI is InChI=1S/C18H13N3O5S/c22-16(19-12-5-7-13(8-6-12)21(24)25)11-26-18(23)10-9-17-20-14-3-1-2-4-15(14)27-17/h1-10H,11H2,(H,19,22)/b10-9+. The highest BCUT2D eigenvalue weighted by atomic mass is 32.1. The highest BCUT2D eigenvalue weighted by Gasteiger charge is 2.08. The lowest BCUT2D eigenvalue weighted by molar-refractivity contribution is -0.384. The minimum atomic E-state index is -0.673. The molecule has 0 aliphatic rings. The third kappa shape index (κ3) is 4.95. The number of aromatic nitrogens is 1. The minimum absolute atomic E-state index is 0.0839. The number of esters is 1. The number of hydrogen-bond acceptors (Lipinski definition) is 7. The Morgan fingerprint density at radius 2 is 1.93 bits per heavy atom. The molecule has 27 heavy (non-hydrogen) atoms. The van der Waals surface area contributed by atoms with Crippen molar-refractivity contribution in [2.75, 3.05) is 11.9 Å². The monoisotopic (exact) mass is 383 g/mol. The number of nitrogens with one attached hydrogen (secondary N) is 1. The summed E-state index contributed by atoms with van der Waals surface area (Å²) in [6, 6.07) is 12.9. The molecule has 0 saturated heterocycles. The summed E-state index contributed by atoms with van der Waals surface area (Å²) in [6.45, 7) is -0.472. The number of anilines is 1. The largest absolute Gasteiger partial charge is 0.452 e. The van der Waals surface area contributed by atoms with Crippen LogP contribution in [0.2, 0.25) is 0 Å². The van der Waals surface area contributed by atoms with Gasteiger partial charge in [-0.15, -0.1) is 11.3 Å². The molecular weight excluding hydrogens is 370 g/mol. The molecule has 0 radical (unpaired) electrons. The summed E-state index contributed by atoms with van der Waals surface area (Å²) < 4.78 is 5.87. The molecule has 0 fully saturated rings. The Morgan fingerprint density at radius 1 is 1.19 bits per heavy atom. The van der Waals surface area contributed by atoms with E-state index in [0.717, 1.165) is 10.2 Å². The summed E-state index contributed by atoms with van der Waals surface area (Å²) in [7, 11) is 0. The first-order valence-corrected chi connectivity index (χ1v) is 8.57. The SMILES string of the molecule is O=C(COC(=O)/C=C/c1nc2ccccc2s1)Nc1ccc([N+](=O)[O-])cc1. The van der Waals surface area contributed by atoms with Crippen molar-refractivity contribution in [1.29, 1.82) is 0 Å². The van der Waals surface area contributed by atoms with Gasteiger partial charge in [0, 0.05) is 23.9 Å². The quantitative estimate of drug-likeness (QED) is 0.302. The lowest BCUT2D eigenvalue weighted by atomic mass is 10.3. The average molecular weight is 383 g/mol. The number of rotatable bonds is 6. The smallest absolute Gasteiger partial charge is 0.331 e. The van der Waals surface area contributed by atoms with Gasteiger partial charge in [0.2, 0.25) is 0 Å². The van der Waals surface area contributed by atoms with E-state index < -0.39 is 23.4 Å². The van der Waals surface area contributed by atoms with Crippen molar-refractivity contribution in [3.63, 3.8) is 0 Å². The van der Waals surface area contributed by atoms with Gasteiger partial charge in [-0.3, -0.25) is 14.9 Å². The summed E-state index contributed by atoms with van der Waals surface area (Å²) in [6.07, 6.45) is 2.73. The zero-order valence-electron chi connectivity index (χ0n) is 13.8. The highest BCUT2D eigenvalue weighted by molar-refractivity contribution is 7.19. The Balaban J connectivity index is 1.49. The summed E-state index contributed by atoms with van der Waals surface area (Å²) in [5, 5.41) is 13.7. The van der Waals surface area contributed by atoms with Gasteiger partial charge in [0.15, 0.2) is 6.61 Å². The summed E-state index contributed by atoms with van der Waals surface area (Å²) in [5.41, 5.74) is 1.13. The third-order valence-corrected chi connectivity index (χ3v) is 4.38. The molecule has 8 nitrogen and oxygen atoms in total. The van der Waals surface area contributed by atoms with Crippen molar-refractivity contribution in [2.24, 2.45) is 0 Å².